The summed E-state index contributed by atoms with van der Waals surface area (Å²) < 4.78 is 22.0. The van der Waals surface area contributed by atoms with Gasteiger partial charge in [-0.05, 0) is 24.3 Å². The van der Waals surface area contributed by atoms with Crippen LogP contribution < -0.4 is 24.3 Å². The first kappa shape index (κ1) is 16.0. The van der Waals surface area contributed by atoms with Crippen LogP contribution in [-0.4, -0.2) is 38.9 Å². The molecule has 3 rings (SSSR count). The number of amides is 1. The number of carbonyl (C=O) groups is 1. The van der Waals surface area contributed by atoms with E-state index in [-0.39, 0.29) is 18.6 Å². The first-order valence-corrected chi connectivity index (χ1v) is 7.67. The molecule has 0 saturated carbocycles. The first-order chi connectivity index (χ1) is 11.8. The van der Waals surface area contributed by atoms with Gasteiger partial charge < -0.3 is 24.3 Å². The van der Waals surface area contributed by atoms with Crippen molar-refractivity contribution in [1.29, 1.82) is 0 Å². The molecule has 6 nitrogen and oxygen atoms in total. The van der Waals surface area contributed by atoms with Gasteiger partial charge in [0.05, 0.1) is 13.7 Å². The monoisotopic (exact) mass is 329 g/mol. The third kappa shape index (κ3) is 3.90. The number of hydrogen-bond acceptors (Lipinski definition) is 5. The highest BCUT2D eigenvalue weighted by atomic mass is 16.6. The normalized spacial score (nSPS) is 15.5. The fraction of sp³-hybridized carbons (Fsp3) is 0.278. The molecule has 126 valence electrons. The Morgan fingerprint density at radius 3 is 2.62 bits per heavy atom. The van der Waals surface area contributed by atoms with Gasteiger partial charge in [-0.2, -0.15) is 0 Å². The molecule has 0 saturated heterocycles. The SMILES string of the molecule is COc1ccccc1OCC(=O)NCC1COc2ccccc2O1. The van der Waals surface area contributed by atoms with Crippen molar-refractivity contribution in [3.63, 3.8) is 0 Å². The van der Waals surface area contributed by atoms with Crippen LogP contribution in [0.25, 0.3) is 0 Å². The number of rotatable bonds is 6. The molecular weight excluding hydrogens is 310 g/mol. The highest BCUT2D eigenvalue weighted by molar-refractivity contribution is 5.77. The van der Waals surface area contributed by atoms with Crippen LogP contribution in [0.15, 0.2) is 48.5 Å². The fourth-order valence-corrected chi connectivity index (χ4v) is 2.32. The minimum absolute atomic E-state index is 0.0927. The lowest BCUT2D eigenvalue weighted by Gasteiger charge is -2.26. The molecule has 1 aliphatic rings. The number of carbonyl (C=O) groups excluding carboxylic acids is 1. The van der Waals surface area contributed by atoms with E-state index in [4.69, 9.17) is 18.9 Å². The molecule has 1 atom stereocenters. The van der Waals surface area contributed by atoms with E-state index in [0.29, 0.717) is 30.4 Å². The van der Waals surface area contributed by atoms with Crippen molar-refractivity contribution in [3.05, 3.63) is 48.5 Å². The van der Waals surface area contributed by atoms with Gasteiger partial charge >= 0.3 is 0 Å². The van der Waals surface area contributed by atoms with Crippen molar-refractivity contribution in [2.75, 3.05) is 26.9 Å². The van der Waals surface area contributed by atoms with Crippen LogP contribution in [-0.2, 0) is 4.79 Å². The number of benzene rings is 2. The summed E-state index contributed by atoms with van der Waals surface area (Å²) in [4.78, 5) is 11.9. The molecule has 0 radical (unpaired) electrons. The second-order valence-electron chi connectivity index (χ2n) is 5.24. The van der Waals surface area contributed by atoms with E-state index >= 15 is 0 Å². The molecule has 0 spiro atoms. The van der Waals surface area contributed by atoms with E-state index in [1.165, 1.54) is 0 Å². The van der Waals surface area contributed by atoms with Gasteiger partial charge in [-0.1, -0.05) is 24.3 Å². The van der Waals surface area contributed by atoms with Crippen molar-refractivity contribution in [1.82, 2.24) is 5.32 Å². The molecule has 1 aliphatic heterocycles. The summed E-state index contributed by atoms with van der Waals surface area (Å²) in [6.45, 7) is 0.650. The summed E-state index contributed by atoms with van der Waals surface area (Å²) >= 11 is 0. The van der Waals surface area contributed by atoms with Gasteiger partial charge in [-0.3, -0.25) is 4.79 Å². The molecule has 1 N–H and O–H groups in total. The van der Waals surface area contributed by atoms with E-state index in [1.807, 2.05) is 36.4 Å². The fourth-order valence-electron chi connectivity index (χ4n) is 2.32. The molecular formula is C18H19NO5. The van der Waals surface area contributed by atoms with Gasteiger partial charge in [-0.25, -0.2) is 0 Å². The minimum atomic E-state index is -0.233. The standard InChI is InChI=1S/C18H19NO5/c1-21-14-6-2-3-7-15(14)23-12-18(20)19-10-13-11-22-16-8-4-5-9-17(16)24-13/h2-9,13H,10-12H2,1H3,(H,19,20). The Morgan fingerprint density at radius 2 is 1.83 bits per heavy atom. The van der Waals surface area contributed by atoms with Gasteiger partial charge in [0.25, 0.3) is 5.91 Å². The van der Waals surface area contributed by atoms with Gasteiger partial charge in [-0.15, -0.1) is 0 Å². The van der Waals surface area contributed by atoms with E-state index in [1.54, 1.807) is 19.2 Å². The molecule has 24 heavy (non-hydrogen) atoms. The Hall–Kier alpha value is -2.89. The number of ether oxygens (including phenoxy) is 4. The largest absolute Gasteiger partial charge is 0.493 e. The smallest absolute Gasteiger partial charge is 0.258 e. The van der Waals surface area contributed by atoms with Crippen LogP contribution in [0.1, 0.15) is 0 Å². The lowest BCUT2D eigenvalue weighted by Crippen LogP contribution is -2.42. The number of para-hydroxylation sites is 4. The van der Waals surface area contributed by atoms with Crippen LogP contribution in [0, 0.1) is 0 Å². The Kier molecular flexibility index (Phi) is 5.05. The van der Waals surface area contributed by atoms with Crippen molar-refractivity contribution in [2.24, 2.45) is 0 Å². The summed E-state index contributed by atoms with van der Waals surface area (Å²) in [5, 5.41) is 2.78. The van der Waals surface area contributed by atoms with Gasteiger partial charge in [0.15, 0.2) is 29.6 Å². The average Bonchev–Trinajstić information content (AvgIpc) is 2.64. The number of hydrogen-bond donors (Lipinski definition) is 1. The lowest BCUT2D eigenvalue weighted by molar-refractivity contribution is -0.123. The average molecular weight is 329 g/mol. The zero-order chi connectivity index (χ0) is 16.8. The Morgan fingerprint density at radius 1 is 1.12 bits per heavy atom. The number of nitrogens with one attached hydrogen (secondary N) is 1. The van der Waals surface area contributed by atoms with Crippen LogP contribution in [0.4, 0.5) is 0 Å². The molecule has 1 heterocycles. The van der Waals surface area contributed by atoms with Crippen molar-refractivity contribution < 1.29 is 23.7 Å². The summed E-state index contributed by atoms with van der Waals surface area (Å²) in [5.41, 5.74) is 0. The van der Waals surface area contributed by atoms with E-state index < -0.39 is 0 Å². The molecule has 6 heteroatoms. The van der Waals surface area contributed by atoms with E-state index in [0.717, 1.165) is 5.75 Å². The van der Waals surface area contributed by atoms with E-state index in [2.05, 4.69) is 5.32 Å². The quantitative estimate of drug-likeness (QED) is 0.878. The van der Waals surface area contributed by atoms with Gasteiger partial charge in [0.1, 0.15) is 12.7 Å². The maximum Gasteiger partial charge on any atom is 0.258 e. The Labute approximate surface area is 140 Å². The summed E-state index contributed by atoms with van der Waals surface area (Å²) in [7, 11) is 1.56. The summed E-state index contributed by atoms with van der Waals surface area (Å²) in [6.07, 6.45) is -0.227. The predicted octanol–water partition coefficient (Wildman–Crippen LogP) is 2.03. The first-order valence-electron chi connectivity index (χ1n) is 7.67. The van der Waals surface area contributed by atoms with Gasteiger partial charge in [0, 0.05) is 0 Å². The maximum absolute atomic E-state index is 11.9. The maximum atomic E-state index is 11.9. The lowest BCUT2D eigenvalue weighted by atomic mass is 10.2. The van der Waals surface area contributed by atoms with Crippen LogP contribution in [0.5, 0.6) is 23.0 Å². The summed E-state index contributed by atoms with van der Waals surface area (Å²) in [6, 6.07) is 14.6. The topological polar surface area (TPSA) is 66.0 Å². The Bertz CT molecular complexity index is 703. The minimum Gasteiger partial charge on any atom is -0.493 e. The molecule has 0 aliphatic carbocycles. The predicted molar refractivity (Wildman–Crippen MR) is 87.9 cm³/mol. The number of methoxy groups -OCH3 is 1. The molecule has 0 fully saturated rings. The highest BCUT2D eigenvalue weighted by Gasteiger charge is 2.21. The molecule has 0 aromatic heterocycles. The molecule has 1 unspecified atom stereocenters. The summed E-state index contributed by atoms with van der Waals surface area (Å²) in [5.74, 6) is 2.29. The van der Waals surface area contributed by atoms with Crippen molar-refractivity contribution in [3.8, 4) is 23.0 Å². The third-order valence-corrected chi connectivity index (χ3v) is 3.52. The molecule has 0 bridgehead atoms. The van der Waals surface area contributed by atoms with Crippen LogP contribution in [0.3, 0.4) is 0 Å². The van der Waals surface area contributed by atoms with E-state index in [9.17, 15) is 4.79 Å². The third-order valence-electron chi connectivity index (χ3n) is 3.52. The highest BCUT2D eigenvalue weighted by Crippen LogP contribution is 2.30. The number of fused-ring (bicyclic) bond motifs is 1. The molecule has 2 aromatic carbocycles. The zero-order valence-electron chi connectivity index (χ0n) is 13.4. The zero-order valence-corrected chi connectivity index (χ0v) is 13.4. The molecule has 1 amide bonds. The second kappa shape index (κ2) is 7.59. The van der Waals surface area contributed by atoms with Crippen molar-refractivity contribution in [2.45, 2.75) is 6.10 Å². The Balaban J connectivity index is 1.45. The second-order valence-corrected chi connectivity index (χ2v) is 5.24. The van der Waals surface area contributed by atoms with Gasteiger partial charge in [0.2, 0.25) is 0 Å². The van der Waals surface area contributed by atoms with Crippen LogP contribution in [0.2, 0.25) is 0 Å². The molecule has 2 aromatic rings. The van der Waals surface area contributed by atoms with Crippen molar-refractivity contribution >= 4 is 5.91 Å². The van der Waals surface area contributed by atoms with Crippen LogP contribution >= 0.6 is 0 Å².